The molecule has 2 N–H and O–H groups in total. The van der Waals surface area contributed by atoms with Gasteiger partial charge in [0.2, 0.25) is 0 Å². The van der Waals surface area contributed by atoms with Gasteiger partial charge in [-0.2, -0.15) is 0 Å². The van der Waals surface area contributed by atoms with Gasteiger partial charge in [0.05, 0.1) is 24.9 Å². The average Bonchev–Trinajstić information content (AvgIpc) is 2.88. The molecule has 0 unspecified atom stereocenters. The van der Waals surface area contributed by atoms with Crippen LogP contribution >= 0.6 is 11.3 Å². The zero-order valence-electron chi connectivity index (χ0n) is 12.3. The van der Waals surface area contributed by atoms with E-state index in [2.05, 4.69) is 4.98 Å². The molecule has 5 heteroatoms. The summed E-state index contributed by atoms with van der Waals surface area (Å²) in [7, 11) is 1.63. The number of nitrogens with two attached hydrogens (primary N) is 1. The molecule has 0 aliphatic heterocycles. The first-order chi connectivity index (χ1) is 9.45. The Morgan fingerprint density at radius 3 is 2.60 bits per heavy atom. The van der Waals surface area contributed by atoms with Gasteiger partial charge in [0.15, 0.2) is 11.5 Å². The summed E-state index contributed by atoms with van der Waals surface area (Å²) in [4.78, 5) is 4.61. The number of thiazole rings is 1. The summed E-state index contributed by atoms with van der Waals surface area (Å²) < 4.78 is 10.9. The van der Waals surface area contributed by atoms with Gasteiger partial charge in [-0.25, -0.2) is 4.98 Å². The van der Waals surface area contributed by atoms with Crippen molar-refractivity contribution in [1.82, 2.24) is 4.98 Å². The lowest BCUT2D eigenvalue weighted by Crippen LogP contribution is -2.28. The van der Waals surface area contributed by atoms with Crippen LogP contribution in [0, 0.1) is 0 Å². The molecule has 0 atom stereocenters. The third-order valence-corrected chi connectivity index (χ3v) is 3.77. The van der Waals surface area contributed by atoms with Crippen molar-refractivity contribution >= 4 is 11.3 Å². The number of benzene rings is 1. The smallest absolute Gasteiger partial charge is 0.161 e. The van der Waals surface area contributed by atoms with Gasteiger partial charge in [0.1, 0.15) is 5.01 Å². The second-order valence-electron chi connectivity index (χ2n) is 5.06. The predicted octanol–water partition coefficient (Wildman–Crippen LogP) is 3.41. The van der Waals surface area contributed by atoms with E-state index in [0.29, 0.717) is 6.61 Å². The van der Waals surface area contributed by atoms with E-state index in [0.717, 1.165) is 27.8 Å². The zero-order chi connectivity index (χ0) is 14.8. The molecule has 20 heavy (non-hydrogen) atoms. The first-order valence-electron chi connectivity index (χ1n) is 6.51. The lowest BCUT2D eigenvalue weighted by Gasteiger charge is -2.14. The van der Waals surface area contributed by atoms with Gasteiger partial charge in [-0.1, -0.05) is 0 Å². The summed E-state index contributed by atoms with van der Waals surface area (Å²) in [5, 5.41) is 2.93. The van der Waals surface area contributed by atoms with Crippen LogP contribution in [0.15, 0.2) is 23.6 Å². The van der Waals surface area contributed by atoms with Gasteiger partial charge in [0.25, 0.3) is 0 Å². The van der Waals surface area contributed by atoms with E-state index in [4.69, 9.17) is 15.2 Å². The zero-order valence-corrected chi connectivity index (χ0v) is 13.1. The van der Waals surface area contributed by atoms with Crippen molar-refractivity contribution in [2.75, 3.05) is 13.7 Å². The molecule has 108 valence electrons. The highest BCUT2D eigenvalue weighted by Crippen LogP contribution is 2.34. The van der Waals surface area contributed by atoms with Crippen molar-refractivity contribution in [3.63, 3.8) is 0 Å². The lowest BCUT2D eigenvalue weighted by atomic mass is 10.0. The highest BCUT2D eigenvalue weighted by atomic mass is 32.1. The molecule has 4 nitrogen and oxygen atoms in total. The third-order valence-electron chi connectivity index (χ3n) is 2.87. The maximum atomic E-state index is 6.07. The minimum absolute atomic E-state index is 0.427. The Bertz CT molecular complexity index is 588. The minimum atomic E-state index is -0.427. The number of ether oxygens (including phenoxy) is 2. The number of rotatable bonds is 5. The molecule has 0 saturated heterocycles. The third kappa shape index (κ3) is 3.11. The number of methoxy groups -OCH3 is 1. The Hall–Kier alpha value is -1.59. The molecule has 1 aromatic carbocycles. The fourth-order valence-corrected chi connectivity index (χ4v) is 2.77. The Labute approximate surface area is 123 Å². The first kappa shape index (κ1) is 14.8. The average molecular weight is 292 g/mol. The van der Waals surface area contributed by atoms with Crippen molar-refractivity contribution in [3.8, 4) is 22.1 Å². The van der Waals surface area contributed by atoms with Crippen LogP contribution in [0.3, 0.4) is 0 Å². The standard InChI is InChI=1S/C15H20N2O2S/c1-5-19-12-8-10(6-7-11(12)18-4)14-17-13(9-20-14)15(2,3)16/h6-9H,5,16H2,1-4H3. The number of nitrogens with zero attached hydrogens (tertiary/aromatic N) is 1. The molecule has 2 aromatic rings. The summed E-state index contributed by atoms with van der Waals surface area (Å²) in [6.07, 6.45) is 0. The summed E-state index contributed by atoms with van der Waals surface area (Å²) >= 11 is 1.58. The largest absolute Gasteiger partial charge is 0.493 e. The number of aromatic nitrogens is 1. The molecule has 0 saturated carbocycles. The van der Waals surface area contributed by atoms with E-state index < -0.39 is 5.54 Å². The maximum absolute atomic E-state index is 6.07. The van der Waals surface area contributed by atoms with Crippen LogP contribution in [-0.2, 0) is 5.54 Å². The molecule has 0 aliphatic rings. The van der Waals surface area contributed by atoms with Crippen molar-refractivity contribution in [1.29, 1.82) is 0 Å². The summed E-state index contributed by atoms with van der Waals surface area (Å²) in [5.41, 5.74) is 7.55. The van der Waals surface area contributed by atoms with E-state index in [1.54, 1.807) is 18.4 Å². The van der Waals surface area contributed by atoms with Crippen molar-refractivity contribution in [3.05, 3.63) is 29.3 Å². The van der Waals surface area contributed by atoms with Crippen molar-refractivity contribution in [2.24, 2.45) is 5.73 Å². The molecule has 0 bridgehead atoms. The Morgan fingerprint density at radius 2 is 2.05 bits per heavy atom. The summed E-state index contributed by atoms with van der Waals surface area (Å²) in [5.74, 6) is 1.46. The first-order valence-corrected chi connectivity index (χ1v) is 7.39. The molecule has 1 aromatic heterocycles. The highest BCUT2D eigenvalue weighted by molar-refractivity contribution is 7.13. The fraction of sp³-hybridized carbons (Fsp3) is 0.400. The maximum Gasteiger partial charge on any atom is 0.161 e. The highest BCUT2D eigenvalue weighted by Gasteiger charge is 2.19. The second-order valence-corrected chi connectivity index (χ2v) is 5.92. The lowest BCUT2D eigenvalue weighted by molar-refractivity contribution is 0.311. The van der Waals surface area contributed by atoms with Crippen LogP contribution < -0.4 is 15.2 Å². The molecular formula is C15H20N2O2S. The molecule has 0 aliphatic carbocycles. The van der Waals surface area contributed by atoms with Gasteiger partial charge in [0, 0.05) is 10.9 Å². The van der Waals surface area contributed by atoms with E-state index >= 15 is 0 Å². The van der Waals surface area contributed by atoms with Gasteiger partial charge < -0.3 is 15.2 Å². The predicted molar refractivity (Wildman–Crippen MR) is 82.5 cm³/mol. The van der Waals surface area contributed by atoms with Crippen LogP contribution in [-0.4, -0.2) is 18.7 Å². The summed E-state index contributed by atoms with van der Waals surface area (Å²) in [6, 6.07) is 5.83. The van der Waals surface area contributed by atoms with E-state index in [-0.39, 0.29) is 0 Å². The molecule has 0 amide bonds. The van der Waals surface area contributed by atoms with Crippen molar-refractivity contribution < 1.29 is 9.47 Å². The van der Waals surface area contributed by atoms with E-state index in [9.17, 15) is 0 Å². The quantitative estimate of drug-likeness (QED) is 0.917. The SMILES string of the molecule is CCOc1cc(-c2nc(C(C)(C)N)cs2)ccc1OC. The van der Waals surface area contributed by atoms with Gasteiger partial charge in [-0.3, -0.25) is 0 Å². The molecule has 2 rings (SSSR count). The van der Waals surface area contributed by atoms with E-state index in [1.807, 2.05) is 44.4 Å². The summed E-state index contributed by atoms with van der Waals surface area (Å²) in [6.45, 7) is 6.44. The van der Waals surface area contributed by atoms with Gasteiger partial charge in [-0.15, -0.1) is 11.3 Å². The van der Waals surface area contributed by atoms with Gasteiger partial charge in [-0.05, 0) is 39.0 Å². The number of hydrogen-bond donors (Lipinski definition) is 1. The molecule has 0 fully saturated rings. The Morgan fingerprint density at radius 1 is 1.30 bits per heavy atom. The van der Waals surface area contributed by atoms with Crippen LogP contribution in [0.25, 0.3) is 10.6 Å². The van der Waals surface area contributed by atoms with Crippen LogP contribution in [0.5, 0.6) is 11.5 Å². The van der Waals surface area contributed by atoms with Crippen LogP contribution in [0.4, 0.5) is 0 Å². The topological polar surface area (TPSA) is 57.4 Å². The fourth-order valence-electron chi connectivity index (χ4n) is 1.78. The van der Waals surface area contributed by atoms with Crippen LogP contribution in [0.2, 0.25) is 0 Å². The second kappa shape index (κ2) is 5.81. The van der Waals surface area contributed by atoms with Crippen LogP contribution in [0.1, 0.15) is 26.5 Å². The monoisotopic (exact) mass is 292 g/mol. The molecule has 0 spiro atoms. The van der Waals surface area contributed by atoms with E-state index in [1.165, 1.54) is 0 Å². The van der Waals surface area contributed by atoms with Crippen molar-refractivity contribution in [2.45, 2.75) is 26.3 Å². The normalized spacial score (nSPS) is 11.4. The Balaban J connectivity index is 2.37. The molecule has 1 heterocycles. The molecule has 0 radical (unpaired) electrons. The molecular weight excluding hydrogens is 272 g/mol. The minimum Gasteiger partial charge on any atom is -0.493 e. The number of hydrogen-bond acceptors (Lipinski definition) is 5. The Kier molecular flexibility index (Phi) is 4.30. The van der Waals surface area contributed by atoms with Gasteiger partial charge >= 0.3 is 0 Å².